The highest BCUT2D eigenvalue weighted by atomic mass is 35.5. The van der Waals surface area contributed by atoms with Crippen molar-refractivity contribution in [1.29, 1.82) is 0 Å². The zero-order valence-electron chi connectivity index (χ0n) is 13.1. The number of anilines is 1. The first kappa shape index (κ1) is 15.7. The van der Waals surface area contributed by atoms with Gasteiger partial charge in [-0.1, -0.05) is 41.4 Å². The Labute approximate surface area is 140 Å². The largest absolute Gasteiger partial charge is 0.353 e. The Kier molecular flexibility index (Phi) is 4.76. The molecular weight excluding hydrogens is 312 g/mol. The molecule has 1 fully saturated rings. The van der Waals surface area contributed by atoms with E-state index < -0.39 is 0 Å². The zero-order valence-corrected chi connectivity index (χ0v) is 13.8. The molecule has 3 rings (SSSR count). The van der Waals surface area contributed by atoms with Gasteiger partial charge < -0.3 is 9.80 Å². The molecule has 0 spiro atoms. The molecule has 1 aromatic carbocycles. The van der Waals surface area contributed by atoms with Gasteiger partial charge in [-0.3, -0.25) is 4.79 Å². The molecule has 5 nitrogen and oxygen atoms in total. The Hall–Kier alpha value is -2.14. The highest BCUT2D eigenvalue weighted by Crippen LogP contribution is 2.16. The lowest BCUT2D eigenvalue weighted by atomic mass is 10.1. The molecule has 23 heavy (non-hydrogen) atoms. The molecule has 1 aromatic heterocycles. The minimum atomic E-state index is 0.177. The molecule has 0 atom stereocenters. The second-order valence-electron chi connectivity index (χ2n) is 5.73. The fourth-order valence-electron chi connectivity index (χ4n) is 2.79. The van der Waals surface area contributed by atoms with Crippen LogP contribution in [0.25, 0.3) is 0 Å². The van der Waals surface area contributed by atoms with E-state index in [1.165, 1.54) is 11.9 Å². The van der Waals surface area contributed by atoms with E-state index in [1.54, 1.807) is 6.07 Å². The highest BCUT2D eigenvalue weighted by molar-refractivity contribution is 6.29. The molecule has 0 unspecified atom stereocenters. The van der Waals surface area contributed by atoms with Gasteiger partial charge in [-0.25, -0.2) is 9.97 Å². The zero-order chi connectivity index (χ0) is 16.2. The summed E-state index contributed by atoms with van der Waals surface area (Å²) < 4.78 is 0. The molecule has 0 radical (unpaired) electrons. The van der Waals surface area contributed by atoms with Crippen molar-refractivity contribution in [2.75, 3.05) is 31.1 Å². The number of hydrogen-bond donors (Lipinski definition) is 0. The summed E-state index contributed by atoms with van der Waals surface area (Å²) in [6.07, 6.45) is 1.92. The summed E-state index contributed by atoms with van der Waals surface area (Å²) in [6, 6.07) is 9.86. The summed E-state index contributed by atoms with van der Waals surface area (Å²) in [5.41, 5.74) is 2.25. The van der Waals surface area contributed by atoms with E-state index in [4.69, 9.17) is 11.6 Å². The van der Waals surface area contributed by atoms with Gasteiger partial charge in [0, 0.05) is 32.2 Å². The second kappa shape index (κ2) is 6.96. The average molecular weight is 331 g/mol. The van der Waals surface area contributed by atoms with E-state index >= 15 is 0 Å². The van der Waals surface area contributed by atoms with Gasteiger partial charge >= 0.3 is 0 Å². The van der Waals surface area contributed by atoms with Crippen molar-refractivity contribution in [2.45, 2.75) is 13.3 Å². The van der Waals surface area contributed by atoms with Crippen LogP contribution in [0.3, 0.4) is 0 Å². The van der Waals surface area contributed by atoms with Gasteiger partial charge in [-0.15, -0.1) is 0 Å². The van der Waals surface area contributed by atoms with Gasteiger partial charge in [0.25, 0.3) is 0 Å². The fraction of sp³-hybridized carbons (Fsp3) is 0.353. The smallest absolute Gasteiger partial charge is 0.227 e. The number of aromatic nitrogens is 2. The summed E-state index contributed by atoms with van der Waals surface area (Å²) in [5, 5.41) is 0.438. The number of carbonyl (C=O) groups is 1. The van der Waals surface area contributed by atoms with E-state index in [0.29, 0.717) is 24.7 Å². The van der Waals surface area contributed by atoms with Crippen LogP contribution in [-0.4, -0.2) is 47.0 Å². The van der Waals surface area contributed by atoms with Crippen molar-refractivity contribution in [3.05, 3.63) is 52.9 Å². The van der Waals surface area contributed by atoms with Crippen LogP contribution in [0.1, 0.15) is 11.1 Å². The van der Waals surface area contributed by atoms with Gasteiger partial charge in [0.05, 0.1) is 6.42 Å². The van der Waals surface area contributed by atoms with Crippen LogP contribution in [-0.2, 0) is 11.2 Å². The Bertz CT molecular complexity index is 698. The number of hydrogen-bond acceptors (Lipinski definition) is 4. The van der Waals surface area contributed by atoms with Crippen LogP contribution in [0, 0.1) is 6.92 Å². The van der Waals surface area contributed by atoms with Crippen molar-refractivity contribution in [2.24, 2.45) is 0 Å². The monoisotopic (exact) mass is 330 g/mol. The number of aryl methyl sites for hydroxylation is 1. The van der Waals surface area contributed by atoms with Gasteiger partial charge in [0.15, 0.2) is 0 Å². The van der Waals surface area contributed by atoms with Crippen molar-refractivity contribution in [3.8, 4) is 0 Å². The Balaban J connectivity index is 1.57. The Morgan fingerprint density at radius 3 is 2.65 bits per heavy atom. The Morgan fingerprint density at radius 2 is 1.96 bits per heavy atom. The second-order valence-corrected chi connectivity index (χ2v) is 6.12. The number of piperazine rings is 1. The molecule has 1 saturated heterocycles. The maximum Gasteiger partial charge on any atom is 0.227 e. The summed E-state index contributed by atoms with van der Waals surface area (Å²) in [7, 11) is 0. The number of carbonyl (C=O) groups excluding carboxylic acids is 1. The van der Waals surface area contributed by atoms with Crippen molar-refractivity contribution in [3.63, 3.8) is 0 Å². The first-order valence-corrected chi connectivity index (χ1v) is 8.05. The molecule has 0 N–H and O–H groups in total. The number of halogens is 1. The number of benzene rings is 1. The predicted octanol–water partition coefficient (Wildman–Crippen LogP) is 2.33. The maximum atomic E-state index is 12.4. The van der Waals surface area contributed by atoms with Crippen LogP contribution < -0.4 is 4.90 Å². The summed E-state index contributed by atoms with van der Waals surface area (Å²) in [6.45, 7) is 4.96. The van der Waals surface area contributed by atoms with E-state index in [-0.39, 0.29) is 5.91 Å². The van der Waals surface area contributed by atoms with Crippen LogP contribution in [0.2, 0.25) is 5.15 Å². The van der Waals surface area contributed by atoms with Crippen molar-refractivity contribution in [1.82, 2.24) is 14.9 Å². The molecule has 2 heterocycles. The molecule has 0 saturated carbocycles. The molecule has 2 aromatic rings. The van der Waals surface area contributed by atoms with E-state index in [1.807, 2.05) is 30.0 Å². The fourth-order valence-corrected chi connectivity index (χ4v) is 2.93. The van der Waals surface area contributed by atoms with Gasteiger partial charge in [0.1, 0.15) is 17.3 Å². The minimum absolute atomic E-state index is 0.177. The topological polar surface area (TPSA) is 49.3 Å². The normalized spacial score (nSPS) is 14.9. The molecule has 1 aliphatic rings. The molecular formula is C17H19ClN4O. The van der Waals surface area contributed by atoms with Crippen LogP contribution in [0.15, 0.2) is 36.7 Å². The van der Waals surface area contributed by atoms with Crippen LogP contribution >= 0.6 is 11.6 Å². The highest BCUT2D eigenvalue weighted by Gasteiger charge is 2.22. The third-order valence-electron chi connectivity index (χ3n) is 4.01. The minimum Gasteiger partial charge on any atom is -0.353 e. The molecule has 0 bridgehead atoms. The summed E-state index contributed by atoms with van der Waals surface area (Å²) in [4.78, 5) is 24.6. The quantitative estimate of drug-likeness (QED) is 0.810. The predicted molar refractivity (Wildman–Crippen MR) is 90.7 cm³/mol. The molecule has 1 aliphatic heterocycles. The van der Waals surface area contributed by atoms with Crippen LogP contribution in [0.5, 0.6) is 0 Å². The standard InChI is InChI=1S/C17H19ClN4O/c1-13-3-2-4-14(9-13)10-17(23)22-7-5-21(6-8-22)16-11-15(18)19-12-20-16/h2-4,9,11-12H,5-8,10H2,1H3. The van der Waals surface area contributed by atoms with E-state index in [2.05, 4.69) is 20.9 Å². The number of amides is 1. The lowest BCUT2D eigenvalue weighted by Gasteiger charge is -2.35. The van der Waals surface area contributed by atoms with Gasteiger partial charge in [-0.2, -0.15) is 0 Å². The maximum absolute atomic E-state index is 12.4. The van der Waals surface area contributed by atoms with E-state index in [0.717, 1.165) is 24.5 Å². The first-order chi connectivity index (χ1) is 11.1. The first-order valence-electron chi connectivity index (χ1n) is 7.67. The summed E-state index contributed by atoms with van der Waals surface area (Å²) in [5.74, 6) is 0.992. The molecule has 120 valence electrons. The number of nitrogens with zero attached hydrogens (tertiary/aromatic N) is 4. The lowest BCUT2D eigenvalue weighted by Crippen LogP contribution is -2.49. The lowest BCUT2D eigenvalue weighted by molar-refractivity contribution is -0.130. The third-order valence-corrected chi connectivity index (χ3v) is 4.22. The SMILES string of the molecule is Cc1cccc(CC(=O)N2CCN(c3cc(Cl)ncn3)CC2)c1. The third kappa shape index (κ3) is 3.99. The molecule has 6 heteroatoms. The van der Waals surface area contributed by atoms with E-state index in [9.17, 15) is 4.79 Å². The molecule has 0 aliphatic carbocycles. The Morgan fingerprint density at radius 1 is 1.17 bits per heavy atom. The van der Waals surface area contributed by atoms with Crippen LogP contribution in [0.4, 0.5) is 5.82 Å². The van der Waals surface area contributed by atoms with Gasteiger partial charge in [-0.05, 0) is 12.5 Å². The molecule has 1 amide bonds. The van der Waals surface area contributed by atoms with Gasteiger partial charge in [0.2, 0.25) is 5.91 Å². The average Bonchev–Trinajstić information content (AvgIpc) is 2.55. The number of rotatable bonds is 3. The summed E-state index contributed by atoms with van der Waals surface area (Å²) >= 11 is 5.90. The van der Waals surface area contributed by atoms with Crippen molar-refractivity contribution < 1.29 is 4.79 Å². The van der Waals surface area contributed by atoms with Crippen molar-refractivity contribution >= 4 is 23.3 Å².